The van der Waals surface area contributed by atoms with Gasteiger partial charge in [-0.1, -0.05) is 13.0 Å². The zero-order valence-electron chi connectivity index (χ0n) is 15.3. The molecule has 0 spiro atoms. The van der Waals surface area contributed by atoms with Crippen molar-refractivity contribution in [2.24, 2.45) is 0 Å². The Morgan fingerprint density at radius 2 is 2.08 bits per heavy atom. The van der Waals surface area contributed by atoms with Crippen molar-refractivity contribution >= 4 is 5.91 Å². The van der Waals surface area contributed by atoms with E-state index in [1.807, 2.05) is 24.8 Å². The van der Waals surface area contributed by atoms with Crippen LogP contribution in [0.4, 0.5) is 0 Å². The molecule has 0 aromatic heterocycles. The summed E-state index contributed by atoms with van der Waals surface area (Å²) < 4.78 is 6.17. The van der Waals surface area contributed by atoms with E-state index in [4.69, 9.17) is 4.74 Å². The largest absolute Gasteiger partial charge is 0.371 e. The highest BCUT2D eigenvalue weighted by atomic mass is 16.5. The van der Waals surface area contributed by atoms with Crippen molar-refractivity contribution in [3.05, 3.63) is 34.9 Å². The lowest BCUT2D eigenvalue weighted by Gasteiger charge is -2.44. The first-order valence-electron chi connectivity index (χ1n) is 9.47. The Kier molecular flexibility index (Phi) is 5.57. The highest BCUT2D eigenvalue weighted by Gasteiger charge is 2.37. The Bertz CT molecular complexity index is 581. The van der Waals surface area contributed by atoms with E-state index in [1.165, 1.54) is 17.5 Å². The monoisotopic (exact) mass is 330 g/mol. The molecule has 1 amide bonds. The van der Waals surface area contributed by atoms with Crippen LogP contribution in [0.3, 0.4) is 0 Å². The minimum atomic E-state index is 0.124. The van der Waals surface area contributed by atoms with Crippen molar-refractivity contribution in [3.8, 4) is 0 Å². The predicted octanol–water partition coefficient (Wildman–Crippen LogP) is 3.27. The number of hydrogen-bond acceptors (Lipinski definition) is 3. The maximum Gasteiger partial charge on any atom is 0.253 e. The molecule has 0 N–H and O–H groups in total. The van der Waals surface area contributed by atoms with Crippen molar-refractivity contribution in [3.63, 3.8) is 0 Å². The minimum absolute atomic E-state index is 0.124. The summed E-state index contributed by atoms with van der Waals surface area (Å²) in [4.78, 5) is 17.2. The molecule has 132 valence electrons. The smallest absolute Gasteiger partial charge is 0.253 e. The summed E-state index contributed by atoms with van der Waals surface area (Å²) in [6.45, 7) is 10.8. The molecule has 0 bridgehead atoms. The Hall–Kier alpha value is -1.39. The van der Waals surface area contributed by atoms with E-state index >= 15 is 0 Å². The Morgan fingerprint density at radius 3 is 2.79 bits per heavy atom. The van der Waals surface area contributed by atoms with Gasteiger partial charge in [0.2, 0.25) is 0 Å². The standard InChI is InChI=1S/C20H30N2O2/c1-4-11-22-12-13-24-19-17-14-16(20(23)21(5-2)6-3)8-7-15(17)9-10-18(19)22/h7-8,14,18-19H,4-6,9-13H2,1-3H3/t18-,19-/m1/s1. The number of morpholine rings is 1. The van der Waals surface area contributed by atoms with Gasteiger partial charge in [0.25, 0.3) is 5.91 Å². The van der Waals surface area contributed by atoms with Crippen LogP contribution in [0.5, 0.6) is 0 Å². The second-order valence-electron chi connectivity index (χ2n) is 6.82. The highest BCUT2D eigenvalue weighted by Crippen LogP contribution is 2.38. The van der Waals surface area contributed by atoms with Gasteiger partial charge in [-0.05, 0) is 62.9 Å². The van der Waals surface area contributed by atoms with Crippen LogP contribution in [0.15, 0.2) is 18.2 Å². The van der Waals surface area contributed by atoms with E-state index in [0.29, 0.717) is 6.04 Å². The van der Waals surface area contributed by atoms with Crippen LogP contribution in [-0.2, 0) is 11.2 Å². The van der Waals surface area contributed by atoms with Gasteiger partial charge in [0.05, 0.1) is 12.7 Å². The van der Waals surface area contributed by atoms with E-state index in [-0.39, 0.29) is 12.0 Å². The lowest BCUT2D eigenvalue weighted by molar-refractivity contribution is -0.0801. The molecule has 2 atom stereocenters. The average Bonchev–Trinajstić information content (AvgIpc) is 2.62. The Balaban J connectivity index is 1.89. The van der Waals surface area contributed by atoms with Crippen LogP contribution >= 0.6 is 0 Å². The molecule has 1 heterocycles. The SMILES string of the molecule is CCCN1CCO[C@@H]2c3cc(C(=O)N(CC)CC)ccc3CC[C@H]21. The molecule has 0 saturated carbocycles. The zero-order valence-corrected chi connectivity index (χ0v) is 15.3. The number of benzene rings is 1. The highest BCUT2D eigenvalue weighted by molar-refractivity contribution is 5.94. The Labute approximate surface area is 145 Å². The molecule has 1 fully saturated rings. The van der Waals surface area contributed by atoms with Crippen LogP contribution < -0.4 is 0 Å². The van der Waals surface area contributed by atoms with Gasteiger partial charge in [0.1, 0.15) is 0 Å². The summed E-state index contributed by atoms with van der Waals surface area (Å²) in [6, 6.07) is 6.70. The molecule has 1 aliphatic heterocycles. The van der Waals surface area contributed by atoms with Gasteiger partial charge < -0.3 is 9.64 Å². The number of ether oxygens (including phenoxy) is 1. The second kappa shape index (κ2) is 7.66. The van der Waals surface area contributed by atoms with Crippen molar-refractivity contribution in [2.45, 2.75) is 52.2 Å². The third-order valence-electron chi connectivity index (χ3n) is 5.46. The number of amides is 1. The molecule has 1 aromatic rings. The molecule has 3 rings (SSSR count). The summed E-state index contributed by atoms with van der Waals surface area (Å²) in [5.41, 5.74) is 3.39. The maximum absolute atomic E-state index is 12.7. The number of rotatable bonds is 5. The summed E-state index contributed by atoms with van der Waals surface area (Å²) in [5, 5.41) is 0. The van der Waals surface area contributed by atoms with Crippen LogP contribution in [0.25, 0.3) is 0 Å². The first-order chi connectivity index (χ1) is 11.7. The van der Waals surface area contributed by atoms with Crippen LogP contribution in [-0.4, -0.2) is 54.5 Å². The number of aryl methyl sites for hydroxylation is 1. The quantitative estimate of drug-likeness (QED) is 0.831. The van der Waals surface area contributed by atoms with Gasteiger partial charge in [0, 0.05) is 31.2 Å². The third-order valence-corrected chi connectivity index (χ3v) is 5.46. The fraction of sp³-hybridized carbons (Fsp3) is 0.650. The molecule has 24 heavy (non-hydrogen) atoms. The molecule has 0 radical (unpaired) electrons. The molecular formula is C20H30N2O2. The number of fused-ring (bicyclic) bond motifs is 3. The summed E-state index contributed by atoms with van der Waals surface area (Å²) in [6.07, 6.45) is 3.54. The minimum Gasteiger partial charge on any atom is -0.371 e. The van der Waals surface area contributed by atoms with E-state index in [2.05, 4.69) is 24.0 Å². The molecular weight excluding hydrogens is 300 g/mol. The normalized spacial score (nSPS) is 23.5. The second-order valence-corrected chi connectivity index (χ2v) is 6.82. The van der Waals surface area contributed by atoms with E-state index in [1.54, 1.807) is 0 Å². The summed E-state index contributed by atoms with van der Waals surface area (Å²) in [5.74, 6) is 0.131. The van der Waals surface area contributed by atoms with Crippen LogP contribution in [0.1, 0.15) is 61.2 Å². The van der Waals surface area contributed by atoms with E-state index < -0.39 is 0 Å². The molecule has 1 saturated heterocycles. The van der Waals surface area contributed by atoms with Gasteiger partial charge >= 0.3 is 0 Å². The number of hydrogen-bond donors (Lipinski definition) is 0. The van der Waals surface area contributed by atoms with Gasteiger partial charge in [-0.2, -0.15) is 0 Å². The Morgan fingerprint density at radius 1 is 1.29 bits per heavy atom. The molecule has 4 nitrogen and oxygen atoms in total. The topological polar surface area (TPSA) is 32.8 Å². The molecule has 1 aromatic carbocycles. The molecule has 4 heteroatoms. The number of nitrogens with zero attached hydrogens (tertiary/aromatic N) is 2. The summed E-state index contributed by atoms with van der Waals surface area (Å²) in [7, 11) is 0. The fourth-order valence-electron chi connectivity index (χ4n) is 4.18. The summed E-state index contributed by atoms with van der Waals surface area (Å²) >= 11 is 0. The third kappa shape index (κ3) is 3.22. The zero-order chi connectivity index (χ0) is 17.1. The molecule has 2 aliphatic rings. The first kappa shape index (κ1) is 17.4. The lowest BCUT2D eigenvalue weighted by Crippen LogP contribution is -2.49. The van der Waals surface area contributed by atoms with E-state index in [9.17, 15) is 4.79 Å². The van der Waals surface area contributed by atoms with Crippen LogP contribution in [0, 0.1) is 0 Å². The van der Waals surface area contributed by atoms with Gasteiger partial charge in [0.15, 0.2) is 0 Å². The van der Waals surface area contributed by atoms with Crippen molar-refractivity contribution < 1.29 is 9.53 Å². The molecule has 0 unspecified atom stereocenters. The number of carbonyl (C=O) groups is 1. The molecule has 1 aliphatic carbocycles. The van der Waals surface area contributed by atoms with E-state index in [0.717, 1.165) is 51.2 Å². The van der Waals surface area contributed by atoms with Crippen molar-refractivity contribution in [1.29, 1.82) is 0 Å². The maximum atomic E-state index is 12.7. The van der Waals surface area contributed by atoms with Gasteiger partial charge in [-0.25, -0.2) is 0 Å². The van der Waals surface area contributed by atoms with Gasteiger partial charge in [-0.3, -0.25) is 9.69 Å². The number of carbonyl (C=O) groups excluding carboxylic acids is 1. The fourth-order valence-corrected chi connectivity index (χ4v) is 4.18. The van der Waals surface area contributed by atoms with Crippen molar-refractivity contribution in [1.82, 2.24) is 9.80 Å². The first-order valence-corrected chi connectivity index (χ1v) is 9.47. The van der Waals surface area contributed by atoms with Crippen molar-refractivity contribution in [2.75, 3.05) is 32.8 Å². The van der Waals surface area contributed by atoms with Gasteiger partial charge in [-0.15, -0.1) is 0 Å². The predicted molar refractivity (Wildman–Crippen MR) is 96.4 cm³/mol. The average molecular weight is 330 g/mol. The lowest BCUT2D eigenvalue weighted by atomic mass is 9.83. The van der Waals surface area contributed by atoms with Crippen LogP contribution in [0.2, 0.25) is 0 Å².